The summed E-state index contributed by atoms with van der Waals surface area (Å²) in [7, 11) is 0. The van der Waals surface area contributed by atoms with Crippen molar-refractivity contribution in [3.05, 3.63) is 100 Å². The van der Waals surface area contributed by atoms with E-state index in [1.165, 1.54) is 10.9 Å². The van der Waals surface area contributed by atoms with Crippen molar-refractivity contribution in [2.75, 3.05) is 6.54 Å². The first-order valence-electron chi connectivity index (χ1n) is 9.28. The maximum absolute atomic E-state index is 13.3. The largest absolute Gasteiger partial charge is 0.356 e. The quantitative estimate of drug-likeness (QED) is 0.526. The van der Waals surface area contributed by atoms with E-state index < -0.39 is 0 Å². The monoisotopic (exact) mass is 387 g/mol. The molecule has 4 nitrogen and oxygen atoms in total. The molecule has 0 saturated heterocycles. The Kier molecular flexibility index (Phi) is 4.14. The maximum atomic E-state index is 13.3. The van der Waals surface area contributed by atoms with Crippen molar-refractivity contribution >= 4 is 28.4 Å². The van der Waals surface area contributed by atoms with E-state index in [1.807, 2.05) is 35.2 Å². The van der Waals surface area contributed by atoms with Gasteiger partial charge in [0.25, 0.3) is 5.91 Å². The number of aromatic amines is 1. The molecule has 28 heavy (non-hydrogen) atoms. The van der Waals surface area contributed by atoms with Gasteiger partial charge in [-0.25, -0.2) is 0 Å². The van der Waals surface area contributed by atoms with Crippen LogP contribution in [0, 0.1) is 0 Å². The highest BCUT2D eigenvalue weighted by molar-refractivity contribution is 6.30. The lowest BCUT2D eigenvalue weighted by Gasteiger charge is -2.36. The van der Waals surface area contributed by atoms with Gasteiger partial charge >= 0.3 is 0 Å². The van der Waals surface area contributed by atoms with E-state index in [4.69, 9.17) is 11.6 Å². The average Bonchev–Trinajstić information content (AvgIpc) is 3.13. The Balaban J connectivity index is 1.67. The minimum atomic E-state index is -0.186. The standard InChI is InChI=1S/C23H18ClN3O/c24-17-7-5-15(6-8-17)22-21-19(18-3-1-2-4-20(18)26-21)11-14-27(22)23(28)16-9-12-25-13-10-16/h1-10,12-13,22,26H,11,14H2. The Morgan fingerprint density at radius 1 is 1.04 bits per heavy atom. The lowest BCUT2D eigenvalue weighted by Crippen LogP contribution is -2.40. The van der Waals surface area contributed by atoms with Gasteiger partial charge < -0.3 is 9.88 Å². The van der Waals surface area contributed by atoms with Gasteiger partial charge in [-0.05, 0) is 47.9 Å². The molecule has 138 valence electrons. The number of rotatable bonds is 2. The zero-order valence-electron chi connectivity index (χ0n) is 15.1. The fourth-order valence-corrected chi connectivity index (χ4v) is 4.24. The number of para-hydroxylation sites is 1. The molecule has 1 aliphatic heterocycles. The van der Waals surface area contributed by atoms with E-state index in [2.05, 4.69) is 28.2 Å². The van der Waals surface area contributed by atoms with E-state index in [0.29, 0.717) is 17.1 Å². The van der Waals surface area contributed by atoms with E-state index in [-0.39, 0.29) is 11.9 Å². The second-order valence-corrected chi connectivity index (χ2v) is 7.44. The second-order valence-electron chi connectivity index (χ2n) is 7.00. The Morgan fingerprint density at radius 3 is 2.57 bits per heavy atom. The topological polar surface area (TPSA) is 49.0 Å². The molecule has 0 saturated carbocycles. The van der Waals surface area contributed by atoms with Gasteiger partial charge in [-0.1, -0.05) is 41.9 Å². The third-order valence-electron chi connectivity index (χ3n) is 5.41. The third kappa shape index (κ3) is 2.77. The average molecular weight is 388 g/mol. The van der Waals surface area contributed by atoms with Crippen molar-refractivity contribution in [1.82, 2.24) is 14.9 Å². The Morgan fingerprint density at radius 2 is 1.79 bits per heavy atom. The zero-order valence-corrected chi connectivity index (χ0v) is 15.9. The maximum Gasteiger partial charge on any atom is 0.254 e. The molecule has 0 bridgehead atoms. The second kappa shape index (κ2) is 6.80. The number of pyridine rings is 1. The SMILES string of the molecule is O=C(c1ccncc1)N1CCc2c([nH]c3ccccc23)C1c1ccc(Cl)cc1. The van der Waals surface area contributed by atoms with Crippen LogP contribution in [0.25, 0.3) is 10.9 Å². The van der Waals surface area contributed by atoms with Crippen LogP contribution >= 0.6 is 11.6 Å². The van der Waals surface area contributed by atoms with E-state index in [9.17, 15) is 4.79 Å². The van der Waals surface area contributed by atoms with Gasteiger partial charge in [0.2, 0.25) is 0 Å². The first-order chi connectivity index (χ1) is 13.7. The molecule has 1 aliphatic rings. The molecule has 1 atom stereocenters. The molecule has 0 aliphatic carbocycles. The van der Waals surface area contributed by atoms with Gasteiger partial charge in [-0.3, -0.25) is 9.78 Å². The Labute approximate surface area is 167 Å². The van der Waals surface area contributed by atoms with Gasteiger partial charge in [0.15, 0.2) is 0 Å². The number of H-pyrrole nitrogens is 1. The van der Waals surface area contributed by atoms with Gasteiger partial charge in [-0.15, -0.1) is 0 Å². The molecule has 4 aromatic rings. The van der Waals surface area contributed by atoms with Crippen molar-refractivity contribution in [2.45, 2.75) is 12.5 Å². The third-order valence-corrected chi connectivity index (χ3v) is 5.66. The summed E-state index contributed by atoms with van der Waals surface area (Å²) < 4.78 is 0. The summed E-state index contributed by atoms with van der Waals surface area (Å²) in [5, 5.41) is 1.91. The van der Waals surface area contributed by atoms with Crippen molar-refractivity contribution in [3.8, 4) is 0 Å². The molecule has 5 rings (SSSR count). The number of nitrogens with one attached hydrogen (secondary N) is 1. The smallest absolute Gasteiger partial charge is 0.254 e. The van der Waals surface area contributed by atoms with Crippen molar-refractivity contribution in [1.29, 1.82) is 0 Å². The van der Waals surface area contributed by atoms with Crippen molar-refractivity contribution in [3.63, 3.8) is 0 Å². The van der Waals surface area contributed by atoms with Gasteiger partial charge in [0, 0.05) is 46.1 Å². The summed E-state index contributed by atoms with van der Waals surface area (Å²) in [5.74, 6) is 0.00616. The molecule has 0 fully saturated rings. The number of hydrogen-bond acceptors (Lipinski definition) is 2. The Bertz CT molecular complexity index is 1150. The molecule has 0 radical (unpaired) electrons. The van der Waals surface area contributed by atoms with E-state index >= 15 is 0 Å². The van der Waals surface area contributed by atoms with Crippen LogP contribution in [0.3, 0.4) is 0 Å². The number of aromatic nitrogens is 2. The van der Waals surface area contributed by atoms with Crippen LogP contribution in [0.2, 0.25) is 5.02 Å². The fourth-order valence-electron chi connectivity index (χ4n) is 4.11. The predicted molar refractivity (Wildman–Crippen MR) is 111 cm³/mol. The number of nitrogens with zero attached hydrogens (tertiary/aromatic N) is 2. The first-order valence-corrected chi connectivity index (χ1v) is 9.66. The molecular formula is C23H18ClN3O. The first kappa shape index (κ1) is 17.0. The van der Waals surface area contributed by atoms with Crippen molar-refractivity contribution < 1.29 is 4.79 Å². The van der Waals surface area contributed by atoms with Crippen LogP contribution in [0.4, 0.5) is 0 Å². The molecule has 1 N–H and O–H groups in total. The summed E-state index contributed by atoms with van der Waals surface area (Å²) >= 11 is 6.11. The highest BCUT2D eigenvalue weighted by atomic mass is 35.5. The number of carbonyl (C=O) groups excluding carboxylic acids is 1. The highest BCUT2D eigenvalue weighted by Gasteiger charge is 2.34. The lowest BCUT2D eigenvalue weighted by molar-refractivity contribution is 0.0692. The minimum Gasteiger partial charge on any atom is -0.356 e. The summed E-state index contributed by atoms with van der Waals surface area (Å²) in [6, 6.07) is 19.4. The summed E-state index contributed by atoms with van der Waals surface area (Å²) in [6.07, 6.45) is 4.13. The number of hydrogen-bond donors (Lipinski definition) is 1. The summed E-state index contributed by atoms with van der Waals surface area (Å²) in [6.45, 7) is 0.656. The van der Waals surface area contributed by atoms with Crippen LogP contribution in [-0.2, 0) is 6.42 Å². The molecule has 5 heteroatoms. The molecular weight excluding hydrogens is 370 g/mol. The molecule has 2 aromatic heterocycles. The van der Waals surface area contributed by atoms with Crippen molar-refractivity contribution in [2.24, 2.45) is 0 Å². The zero-order chi connectivity index (χ0) is 19.1. The summed E-state index contributed by atoms with van der Waals surface area (Å²) in [4.78, 5) is 22.9. The van der Waals surface area contributed by atoms with Gasteiger partial charge in [-0.2, -0.15) is 0 Å². The normalized spacial score (nSPS) is 16.2. The Hall–Kier alpha value is -3.11. The molecule has 1 amide bonds. The van der Waals surface area contributed by atoms with Crippen LogP contribution in [0.1, 0.15) is 33.2 Å². The van der Waals surface area contributed by atoms with Gasteiger partial charge in [0.05, 0.1) is 6.04 Å². The number of benzene rings is 2. The van der Waals surface area contributed by atoms with Gasteiger partial charge in [0.1, 0.15) is 0 Å². The number of halogens is 1. The van der Waals surface area contributed by atoms with E-state index in [1.54, 1.807) is 24.5 Å². The molecule has 0 spiro atoms. The minimum absolute atomic E-state index is 0.00616. The predicted octanol–water partition coefficient (Wildman–Crippen LogP) is 5.00. The van der Waals surface area contributed by atoms with Crippen LogP contribution in [-0.4, -0.2) is 27.3 Å². The van der Waals surface area contributed by atoms with Crippen LogP contribution in [0.15, 0.2) is 73.1 Å². The summed E-state index contributed by atoms with van der Waals surface area (Å²) in [5.41, 5.74) is 5.16. The highest BCUT2D eigenvalue weighted by Crippen LogP contribution is 2.39. The number of carbonyl (C=O) groups is 1. The molecule has 3 heterocycles. The van der Waals surface area contributed by atoms with Crippen LogP contribution in [0.5, 0.6) is 0 Å². The molecule has 2 aromatic carbocycles. The van der Waals surface area contributed by atoms with Crippen LogP contribution < -0.4 is 0 Å². The molecule has 1 unspecified atom stereocenters. The number of amides is 1. The number of fused-ring (bicyclic) bond motifs is 3. The van der Waals surface area contributed by atoms with E-state index in [0.717, 1.165) is 23.2 Å². The lowest BCUT2D eigenvalue weighted by atomic mass is 9.92. The fraction of sp³-hybridized carbons (Fsp3) is 0.130.